The van der Waals surface area contributed by atoms with Crippen molar-refractivity contribution in [2.24, 2.45) is 0 Å². The summed E-state index contributed by atoms with van der Waals surface area (Å²) in [7, 11) is 1.49. The van der Waals surface area contributed by atoms with E-state index in [0.717, 1.165) is 16.3 Å². The number of rotatable bonds is 1. The molecule has 14 heavy (non-hydrogen) atoms. The molecule has 0 radical (unpaired) electrons. The third-order valence-corrected chi connectivity index (χ3v) is 2.36. The van der Waals surface area contributed by atoms with Crippen molar-refractivity contribution in [3.05, 3.63) is 41.7 Å². The fourth-order valence-corrected chi connectivity index (χ4v) is 1.70. The summed E-state index contributed by atoms with van der Waals surface area (Å²) in [4.78, 5) is 0. The molecule has 0 atom stereocenters. The van der Waals surface area contributed by atoms with Gasteiger partial charge in [0.1, 0.15) is 0 Å². The van der Waals surface area contributed by atoms with Crippen LogP contribution in [0.1, 0.15) is 5.56 Å². The molecule has 2 aromatic rings. The minimum Gasteiger partial charge on any atom is -0.493 e. The Balaban J connectivity index is 2.91. The highest BCUT2D eigenvalue weighted by atomic mass is 19.1. The van der Waals surface area contributed by atoms with Gasteiger partial charge in [-0.05, 0) is 23.9 Å². The molecule has 1 nitrogen and oxygen atoms in total. The molecule has 2 rings (SSSR count). The molecule has 0 heterocycles. The Morgan fingerprint density at radius 1 is 1.14 bits per heavy atom. The van der Waals surface area contributed by atoms with Gasteiger partial charge in [0.05, 0.1) is 7.11 Å². The van der Waals surface area contributed by atoms with Crippen LogP contribution in [0.15, 0.2) is 30.3 Å². The van der Waals surface area contributed by atoms with E-state index in [1.54, 1.807) is 6.07 Å². The van der Waals surface area contributed by atoms with Crippen LogP contribution in [0.4, 0.5) is 4.39 Å². The molecule has 2 aromatic carbocycles. The van der Waals surface area contributed by atoms with Crippen molar-refractivity contribution in [2.45, 2.75) is 6.92 Å². The number of benzene rings is 2. The molecule has 0 fully saturated rings. The van der Waals surface area contributed by atoms with Crippen molar-refractivity contribution in [3.8, 4) is 5.75 Å². The summed E-state index contributed by atoms with van der Waals surface area (Å²) >= 11 is 0. The first-order chi connectivity index (χ1) is 6.74. The number of fused-ring (bicyclic) bond motifs is 1. The molecule has 0 saturated carbocycles. The summed E-state index contributed by atoms with van der Waals surface area (Å²) in [6, 6.07) is 9.05. The van der Waals surface area contributed by atoms with Crippen LogP contribution in [-0.2, 0) is 0 Å². The number of methoxy groups -OCH3 is 1. The van der Waals surface area contributed by atoms with Gasteiger partial charge in [-0.3, -0.25) is 0 Å². The van der Waals surface area contributed by atoms with Gasteiger partial charge in [0.2, 0.25) is 0 Å². The molecule has 0 bridgehead atoms. The number of halogens is 1. The Labute approximate surface area is 82.1 Å². The van der Waals surface area contributed by atoms with Crippen molar-refractivity contribution >= 4 is 10.8 Å². The highest BCUT2D eigenvalue weighted by Crippen LogP contribution is 2.30. The molecule has 0 aliphatic heterocycles. The van der Waals surface area contributed by atoms with E-state index in [9.17, 15) is 4.39 Å². The van der Waals surface area contributed by atoms with E-state index in [1.165, 1.54) is 13.2 Å². The predicted molar refractivity (Wildman–Crippen MR) is 55.2 cm³/mol. The van der Waals surface area contributed by atoms with Crippen LogP contribution in [0.25, 0.3) is 10.8 Å². The summed E-state index contributed by atoms with van der Waals surface area (Å²) in [6.45, 7) is 1.95. The fraction of sp³-hybridized carbons (Fsp3) is 0.167. The summed E-state index contributed by atoms with van der Waals surface area (Å²) in [5.74, 6) is 0.0231. The molecule has 0 aliphatic carbocycles. The second-order valence-corrected chi connectivity index (χ2v) is 3.25. The van der Waals surface area contributed by atoms with Crippen LogP contribution >= 0.6 is 0 Å². The van der Waals surface area contributed by atoms with E-state index in [0.29, 0.717) is 5.75 Å². The first-order valence-electron chi connectivity index (χ1n) is 4.46. The smallest absolute Gasteiger partial charge is 0.165 e. The van der Waals surface area contributed by atoms with Gasteiger partial charge in [0, 0.05) is 5.39 Å². The van der Waals surface area contributed by atoms with E-state index in [4.69, 9.17) is 4.74 Å². The lowest BCUT2D eigenvalue weighted by molar-refractivity contribution is 0.392. The quantitative estimate of drug-likeness (QED) is 0.670. The van der Waals surface area contributed by atoms with Gasteiger partial charge in [-0.15, -0.1) is 0 Å². The standard InChI is InChI=1S/C12H11FO/c1-8-4-3-5-9-6-7-10(13)12(14-2)11(8)9/h3-7H,1-2H3. The first-order valence-corrected chi connectivity index (χ1v) is 4.46. The van der Waals surface area contributed by atoms with Crippen molar-refractivity contribution in [3.63, 3.8) is 0 Å². The predicted octanol–water partition coefficient (Wildman–Crippen LogP) is 3.30. The molecule has 0 N–H and O–H groups in total. The Morgan fingerprint density at radius 2 is 1.93 bits per heavy atom. The van der Waals surface area contributed by atoms with Gasteiger partial charge >= 0.3 is 0 Å². The molecule has 72 valence electrons. The number of ether oxygens (including phenoxy) is 1. The molecule has 2 heteroatoms. The Morgan fingerprint density at radius 3 is 2.64 bits per heavy atom. The minimum absolute atomic E-state index is 0.311. The average Bonchev–Trinajstić information content (AvgIpc) is 2.19. The maximum absolute atomic E-state index is 13.4. The summed E-state index contributed by atoms with van der Waals surface area (Å²) < 4.78 is 18.4. The van der Waals surface area contributed by atoms with E-state index in [1.807, 2.05) is 25.1 Å². The van der Waals surface area contributed by atoms with Crippen molar-refractivity contribution < 1.29 is 9.13 Å². The van der Waals surface area contributed by atoms with E-state index >= 15 is 0 Å². The van der Waals surface area contributed by atoms with Crippen LogP contribution in [0.5, 0.6) is 5.75 Å². The Bertz CT molecular complexity index is 477. The van der Waals surface area contributed by atoms with Crippen LogP contribution in [0, 0.1) is 12.7 Å². The summed E-state index contributed by atoms with van der Waals surface area (Å²) in [5, 5.41) is 1.86. The second-order valence-electron chi connectivity index (χ2n) is 3.25. The van der Waals surface area contributed by atoms with Crippen molar-refractivity contribution in [2.75, 3.05) is 7.11 Å². The lowest BCUT2D eigenvalue weighted by atomic mass is 10.0. The lowest BCUT2D eigenvalue weighted by Crippen LogP contribution is -1.91. The van der Waals surface area contributed by atoms with Gasteiger partial charge in [0.25, 0.3) is 0 Å². The molecule has 0 amide bonds. The summed E-state index contributed by atoms with van der Waals surface area (Å²) in [6.07, 6.45) is 0. The Kier molecular flexibility index (Phi) is 2.12. The van der Waals surface area contributed by atoms with Crippen LogP contribution < -0.4 is 4.74 Å². The largest absolute Gasteiger partial charge is 0.493 e. The molecular formula is C12H11FO. The fourth-order valence-electron chi connectivity index (χ4n) is 1.70. The van der Waals surface area contributed by atoms with Crippen molar-refractivity contribution in [1.29, 1.82) is 0 Å². The molecule has 0 unspecified atom stereocenters. The topological polar surface area (TPSA) is 9.23 Å². The Hall–Kier alpha value is -1.57. The van der Waals surface area contributed by atoms with Gasteiger partial charge in [-0.1, -0.05) is 24.3 Å². The highest BCUT2D eigenvalue weighted by Gasteiger charge is 2.08. The SMILES string of the molecule is COc1c(F)ccc2cccc(C)c12. The number of hydrogen-bond donors (Lipinski definition) is 0. The van der Waals surface area contributed by atoms with Crippen LogP contribution in [0.2, 0.25) is 0 Å². The maximum Gasteiger partial charge on any atom is 0.165 e. The highest BCUT2D eigenvalue weighted by molar-refractivity contribution is 5.91. The normalized spacial score (nSPS) is 10.5. The second kappa shape index (κ2) is 3.29. The maximum atomic E-state index is 13.4. The number of hydrogen-bond acceptors (Lipinski definition) is 1. The average molecular weight is 190 g/mol. The van der Waals surface area contributed by atoms with Gasteiger partial charge in [0.15, 0.2) is 11.6 Å². The van der Waals surface area contributed by atoms with E-state index in [-0.39, 0.29) is 5.82 Å². The van der Waals surface area contributed by atoms with Gasteiger partial charge in [-0.25, -0.2) is 4.39 Å². The molecule has 0 spiro atoms. The lowest BCUT2D eigenvalue weighted by Gasteiger charge is -2.08. The minimum atomic E-state index is -0.311. The zero-order valence-electron chi connectivity index (χ0n) is 8.17. The van der Waals surface area contributed by atoms with Crippen molar-refractivity contribution in [1.82, 2.24) is 0 Å². The third-order valence-electron chi connectivity index (χ3n) is 2.36. The van der Waals surface area contributed by atoms with Gasteiger partial charge < -0.3 is 4.74 Å². The molecule has 0 saturated heterocycles. The van der Waals surface area contributed by atoms with E-state index < -0.39 is 0 Å². The molecule has 0 aromatic heterocycles. The molecule has 0 aliphatic rings. The molecular weight excluding hydrogens is 179 g/mol. The zero-order chi connectivity index (χ0) is 10.1. The zero-order valence-corrected chi connectivity index (χ0v) is 8.17. The third kappa shape index (κ3) is 1.23. The summed E-state index contributed by atoms with van der Waals surface area (Å²) in [5.41, 5.74) is 1.03. The monoisotopic (exact) mass is 190 g/mol. The van der Waals surface area contributed by atoms with Gasteiger partial charge in [-0.2, -0.15) is 0 Å². The number of aryl methyl sites for hydroxylation is 1. The van der Waals surface area contributed by atoms with Crippen LogP contribution in [0.3, 0.4) is 0 Å². The van der Waals surface area contributed by atoms with E-state index in [2.05, 4.69) is 0 Å². The first kappa shape index (κ1) is 9.00. The van der Waals surface area contributed by atoms with Crippen LogP contribution in [-0.4, -0.2) is 7.11 Å².